The van der Waals surface area contributed by atoms with Crippen LogP contribution in [0.4, 0.5) is 0 Å². The summed E-state index contributed by atoms with van der Waals surface area (Å²) in [6.07, 6.45) is 0. The van der Waals surface area contributed by atoms with Crippen molar-refractivity contribution in [3.63, 3.8) is 0 Å². The van der Waals surface area contributed by atoms with Gasteiger partial charge in [-0.2, -0.15) is 5.10 Å². The van der Waals surface area contributed by atoms with Crippen LogP contribution in [0, 0.1) is 0 Å². The van der Waals surface area contributed by atoms with Crippen LogP contribution in [-0.2, 0) is 0 Å². The van der Waals surface area contributed by atoms with E-state index in [4.69, 9.17) is 15.1 Å². The van der Waals surface area contributed by atoms with Gasteiger partial charge in [-0.25, -0.2) is 14.5 Å². The minimum atomic E-state index is 0.698. The highest BCUT2D eigenvalue weighted by molar-refractivity contribution is 6.16. The van der Waals surface area contributed by atoms with Crippen molar-refractivity contribution in [1.29, 1.82) is 0 Å². The molecule has 0 unspecified atom stereocenters. The van der Waals surface area contributed by atoms with Gasteiger partial charge in [-0.05, 0) is 33.4 Å². The van der Waals surface area contributed by atoms with Crippen LogP contribution in [0.15, 0.2) is 218 Å². The lowest BCUT2D eigenvalue weighted by Crippen LogP contribution is -2.00. The first kappa shape index (κ1) is 34.3. The third-order valence-corrected chi connectivity index (χ3v) is 11.2. The second-order valence-electron chi connectivity index (χ2n) is 14.8. The Bertz CT molecular complexity index is 3220. The maximum absolute atomic E-state index is 5.66. The Morgan fingerprint density at radius 1 is 0.339 bits per heavy atom. The van der Waals surface area contributed by atoms with Crippen molar-refractivity contribution in [2.75, 3.05) is 0 Å². The molecule has 4 heteroatoms. The highest BCUT2D eigenvalue weighted by atomic mass is 15.2. The van der Waals surface area contributed by atoms with E-state index in [0.29, 0.717) is 5.82 Å². The molecule has 0 fully saturated rings. The Labute approximate surface area is 342 Å². The number of pyridine rings is 1. The van der Waals surface area contributed by atoms with Crippen molar-refractivity contribution >= 4 is 27.1 Å². The van der Waals surface area contributed by atoms with Crippen LogP contribution in [0.5, 0.6) is 0 Å². The minimum Gasteiger partial charge on any atom is -0.231 e. The first-order chi connectivity index (χ1) is 29.3. The van der Waals surface area contributed by atoms with Gasteiger partial charge in [0, 0.05) is 44.3 Å². The van der Waals surface area contributed by atoms with E-state index in [1.165, 1.54) is 10.8 Å². The molecule has 0 aliphatic rings. The normalized spacial score (nSPS) is 11.4. The number of aromatic nitrogens is 4. The molecule has 0 bridgehead atoms. The van der Waals surface area contributed by atoms with E-state index in [9.17, 15) is 0 Å². The fourth-order valence-corrected chi connectivity index (χ4v) is 8.50. The summed E-state index contributed by atoms with van der Waals surface area (Å²) in [4.78, 5) is 10.1. The zero-order valence-electron chi connectivity index (χ0n) is 32.1. The van der Waals surface area contributed by atoms with Crippen LogP contribution < -0.4 is 0 Å². The first-order valence-corrected chi connectivity index (χ1v) is 20.0. The molecule has 0 saturated carbocycles. The van der Waals surface area contributed by atoms with Gasteiger partial charge in [-0.15, -0.1) is 0 Å². The van der Waals surface area contributed by atoms with Crippen molar-refractivity contribution in [2.24, 2.45) is 0 Å². The maximum Gasteiger partial charge on any atom is 0.160 e. The monoisotopic (exact) mass is 752 g/mol. The number of rotatable bonds is 7. The third-order valence-electron chi connectivity index (χ3n) is 11.2. The van der Waals surface area contributed by atoms with Gasteiger partial charge in [0.05, 0.1) is 22.6 Å². The zero-order chi connectivity index (χ0) is 39.1. The van der Waals surface area contributed by atoms with E-state index < -0.39 is 0 Å². The first-order valence-electron chi connectivity index (χ1n) is 20.0. The lowest BCUT2D eigenvalue weighted by atomic mass is 9.90. The van der Waals surface area contributed by atoms with Gasteiger partial charge in [0.25, 0.3) is 0 Å². The third kappa shape index (κ3) is 6.06. The molecule has 4 nitrogen and oxygen atoms in total. The predicted octanol–water partition coefficient (Wildman–Crippen LogP) is 14.1. The fourth-order valence-electron chi connectivity index (χ4n) is 8.50. The largest absolute Gasteiger partial charge is 0.231 e. The molecule has 3 aromatic heterocycles. The smallest absolute Gasteiger partial charge is 0.160 e. The van der Waals surface area contributed by atoms with Crippen molar-refractivity contribution in [2.45, 2.75) is 0 Å². The van der Waals surface area contributed by atoms with Crippen LogP contribution in [0.2, 0.25) is 0 Å². The van der Waals surface area contributed by atoms with Crippen molar-refractivity contribution < 1.29 is 0 Å². The van der Waals surface area contributed by atoms with Crippen molar-refractivity contribution in [3.05, 3.63) is 218 Å². The summed E-state index contributed by atoms with van der Waals surface area (Å²) < 4.78 is 2.21. The topological polar surface area (TPSA) is 43.1 Å². The molecule has 8 aromatic carbocycles. The van der Waals surface area contributed by atoms with Gasteiger partial charge in [0.2, 0.25) is 0 Å². The summed E-state index contributed by atoms with van der Waals surface area (Å²) in [6, 6.07) is 76.8. The van der Waals surface area contributed by atoms with Crippen LogP contribution in [-0.4, -0.2) is 19.6 Å². The summed E-state index contributed by atoms with van der Waals surface area (Å²) in [7, 11) is 0. The average molecular weight is 753 g/mol. The van der Waals surface area contributed by atoms with Gasteiger partial charge < -0.3 is 0 Å². The van der Waals surface area contributed by atoms with Crippen LogP contribution in [0.3, 0.4) is 0 Å². The number of hydrogen-bond donors (Lipinski definition) is 0. The molecule has 3 heterocycles. The second-order valence-corrected chi connectivity index (χ2v) is 14.8. The van der Waals surface area contributed by atoms with Crippen LogP contribution in [0.1, 0.15) is 0 Å². The average Bonchev–Trinajstić information content (AvgIpc) is 3.72. The molecule has 0 amide bonds. The lowest BCUT2D eigenvalue weighted by Gasteiger charge is -2.18. The number of hydrogen-bond acceptors (Lipinski definition) is 3. The Balaban J connectivity index is 1.17. The SMILES string of the molecule is c1ccc(-c2cc(-c3ccc(-c4c(-c5ccccc5)n5nc(-c6cccc7ccccc67)c(-c6ccccc6)c5c5ccccc45)cc3)nc(-c3ccccc3)n2)cc1. The standard InChI is InChI=1S/C55H36N4/c1-5-19-38(20-6-1)48-36-49(57-55(56-48)43-25-11-4-12-26-43)39-32-34-41(35-33-39)50-45-29-15-16-30-47(45)54-51(40-21-7-2-8-22-40)52(46-31-17-27-37-18-13-14-28-44(37)46)58-59(54)53(50)42-23-9-3-10-24-42/h1-36H. The highest BCUT2D eigenvalue weighted by Gasteiger charge is 2.26. The molecule has 59 heavy (non-hydrogen) atoms. The Morgan fingerprint density at radius 2 is 0.814 bits per heavy atom. The quantitative estimate of drug-likeness (QED) is 0.163. The summed E-state index contributed by atoms with van der Waals surface area (Å²) in [5.74, 6) is 0.698. The van der Waals surface area contributed by atoms with E-state index in [-0.39, 0.29) is 0 Å². The lowest BCUT2D eigenvalue weighted by molar-refractivity contribution is 0.981. The second kappa shape index (κ2) is 14.5. The molecule has 0 atom stereocenters. The van der Waals surface area contributed by atoms with E-state index in [1.807, 2.05) is 36.4 Å². The van der Waals surface area contributed by atoms with Crippen LogP contribution >= 0.6 is 0 Å². The number of nitrogens with zero attached hydrogens (tertiary/aromatic N) is 4. The zero-order valence-corrected chi connectivity index (χ0v) is 32.1. The van der Waals surface area contributed by atoms with Gasteiger partial charge in [0.1, 0.15) is 5.69 Å². The van der Waals surface area contributed by atoms with Crippen LogP contribution in [0.25, 0.3) is 106 Å². The molecular weight excluding hydrogens is 717 g/mol. The van der Waals surface area contributed by atoms with Crippen molar-refractivity contribution in [3.8, 4) is 78.7 Å². The van der Waals surface area contributed by atoms with E-state index in [0.717, 1.165) is 89.1 Å². The molecular formula is C55H36N4. The molecule has 0 spiro atoms. The molecule has 11 rings (SSSR count). The van der Waals surface area contributed by atoms with E-state index >= 15 is 0 Å². The summed E-state index contributed by atoms with van der Waals surface area (Å²) in [5.41, 5.74) is 14.5. The van der Waals surface area contributed by atoms with Gasteiger partial charge in [-0.1, -0.05) is 212 Å². The van der Waals surface area contributed by atoms with E-state index in [2.05, 4.69) is 187 Å². The molecule has 0 aliphatic carbocycles. The van der Waals surface area contributed by atoms with Crippen molar-refractivity contribution in [1.82, 2.24) is 19.6 Å². The van der Waals surface area contributed by atoms with Gasteiger partial charge >= 0.3 is 0 Å². The molecule has 0 saturated heterocycles. The van der Waals surface area contributed by atoms with Gasteiger partial charge in [0.15, 0.2) is 5.82 Å². The maximum atomic E-state index is 5.66. The molecule has 0 aliphatic heterocycles. The number of fused-ring (bicyclic) bond motifs is 4. The Kier molecular flexibility index (Phi) is 8.45. The molecule has 0 radical (unpaired) electrons. The highest BCUT2D eigenvalue weighted by Crippen LogP contribution is 2.46. The Morgan fingerprint density at radius 3 is 1.47 bits per heavy atom. The van der Waals surface area contributed by atoms with Gasteiger partial charge in [-0.3, -0.25) is 0 Å². The summed E-state index contributed by atoms with van der Waals surface area (Å²) in [6.45, 7) is 0. The molecule has 0 N–H and O–H groups in total. The summed E-state index contributed by atoms with van der Waals surface area (Å²) >= 11 is 0. The Hall–Kier alpha value is -7.95. The fraction of sp³-hybridized carbons (Fsp3) is 0. The summed E-state index contributed by atoms with van der Waals surface area (Å²) in [5, 5.41) is 10.3. The molecule has 276 valence electrons. The molecule has 11 aromatic rings. The predicted molar refractivity (Wildman–Crippen MR) is 244 cm³/mol. The van der Waals surface area contributed by atoms with E-state index in [1.54, 1.807) is 0 Å². The minimum absolute atomic E-state index is 0.698. The number of benzene rings is 8.